The van der Waals surface area contributed by atoms with Gasteiger partial charge in [0, 0.05) is 17.1 Å². The topological polar surface area (TPSA) is 115 Å². The number of rotatable bonds is 9. The first-order valence-electron chi connectivity index (χ1n) is 13.0. The zero-order valence-corrected chi connectivity index (χ0v) is 23.5. The molecule has 4 aromatic rings. The Kier molecular flexibility index (Phi) is 10.1. The van der Waals surface area contributed by atoms with Gasteiger partial charge < -0.3 is 30.2 Å². The second-order valence-electron chi connectivity index (χ2n) is 9.31. The standard InChI is InChI=1S/C30H18F9N3O6/c31-28(32,33)46-19-10-4-16(5-11-19)40-25(43)22-2-1-3-23(26(44)41-17-6-12-20(13-7-17)47-29(34,35)36)24(22)27(45)42-18-8-14-21(15-9-18)48-30(37,38)39/h1-15H,(H,40,43)(H,41,44)(H,42,45). The van der Waals surface area contributed by atoms with Crippen molar-refractivity contribution in [3.63, 3.8) is 0 Å². The average molecular weight is 687 g/mol. The number of amides is 3. The average Bonchev–Trinajstić information content (AvgIpc) is 2.97. The second-order valence-corrected chi connectivity index (χ2v) is 9.31. The molecule has 0 saturated heterocycles. The predicted molar refractivity (Wildman–Crippen MR) is 150 cm³/mol. The molecular formula is C30H18F9N3O6. The minimum Gasteiger partial charge on any atom is -0.406 e. The lowest BCUT2D eigenvalue weighted by Crippen LogP contribution is -2.25. The van der Waals surface area contributed by atoms with Crippen molar-refractivity contribution in [2.75, 3.05) is 16.0 Å². The van der Waals surface area contributed by atoms with Crippen molar-refractivity contribution in [3.8, 4) is 17.2 Å². The molecular weight excluding hydrogens is 669 g/mol. The van der Waals surface area contributed by atoms with E-state index in [0.717, 1.165) is 84.9 Å². The molecule has 0 aliphatic carbocycles. The molecule has 0 spiro atoms. The smallest absolute Gasteiger partial charge is 0.406 e. The molecule has 3 N–H and O–H groups in total. The second kappa shape index (κ2) is 13.8. The van der Waals surface area contributed by atoms with Crippen molar-refractivity contribution >= 4 is 34.8 Å². The van der Waals surface area contributed by atoms with E-state index in [1.165, 1.54) is 6.07 Å². The van der Waals surface area contributed by atoms with Crippen molar-refractivity contribution in [2.45, 2.75) is 19.1 Å². The molecule has 3 amide bonds. The fourth-order valence-electron chi connectivity index (χ4n) is 3.99. The number of carbonyl (C=O) groups is 3. The van der Waals surface area contributed by atoms with E-state index in [0.29, 0.717) is 0 Å². The van der Waals surface area contributed by atoms with Crippen LogP contribution in [0.5, 0.6) is 17.2 Å². The lowest BCUT2D eigenvalue weighted by atomic mass is 9.98. The zero-order chi connectivity index (χ0) is 35.3. The number of ether oxygens (including phenoxy) is 3. The van der Waals surface area contributed by atoms with E-state index in [-0.39, 0.29) is 17.1 Å². The Balaban J connectivity index is 1.64. The van der Waals surface area contributed by atoms with Gasteiger partial charge in [-0.1, -0.05) is 6.07 Å². The van der Waals surface area contributed by atoms with Gasteiger partial charge in [-0.25, -0.2) is 0 Å². The third kappa shape index (κ3) is 10.3. The SMILES string of the molecule is O=C(Nc1ccc(OC(F)(F)F)cc1)c1cccc(C(=O)Nc2ccc(OC(F)(F)F)cc2)c1C(=O)Nc1ccc(OC(F)(F)F)cc1. The number of anilines is 3. The number of carbonyl (C=O) groups excluding carboxylic acids is 3. The van der Waals surface area contributed by atoms with Crippen LogP contribution in [0.15, 0.2) is 91.0 Å². The first kappa shape index (κ1) is 34.9. The number of benzene rings is 4. The highest BCUT2D eigenvalue weighted by Gasteiger charge is 2.33. The van der Waals surface area contributed by atoms with E-state index in [4.69, 9.17) is 0 Å². The summed E-state index contributed by atoms with van der Waals surface area (Å²) in [7, 11) is 0. The molecule has 18 heteroatoms. The maximum absolute atomic E-state index is 13.5. The minimum absolute atomic E-state index is 0.0443. The molecule has 0 atom stereocenters. The van der Waals surface area contributed by atoms with Gasteiger partial charge in [0.15, 0.2) is 0 Å². The first-order chi connectivity index (χ1) is 22.3. The van der Waals surface area contributed by atoms with Crippen LogP contribution in [0, 0.1) is 0 Å². The molecule has 0 unspecified atom stereocenters. The largest absolute Gasteiger partial charge is 0.573 e. The van der Waals surface area contributed by atoms with Gasteiger partial charge in [-0.15, -0.1) is 39.5 Å². The molecule has 0 aliphatic rings. The Morgan fingerprint density at radius 3 is 0.958 bits per heavy atom. The molecule has 0 bridgehead atoms. The summed E-state index contributed by atoms with van der Waals surface area (Å²) < 4.78 is 124. The monoisotopic (exact) mass is 687 g/mol. The van der Waals surface area contributed by atoms with Crippen LogP contribution in [0.4, 0.5) is 56.6 Å². The minimum atomic E-state index is -4.99. The van der Waals surface area contributed by atoms with E-state index in [1.54, 1.807) is 0 Å². The molecule has 0 radical (unpaired) electrons. The summed E-state index contributed by atoms with van der Waals surface area (Å²) in [6, 6.07) is 15.2. The van der Waals surface area contributed by atoms with Crippen molar-refractivity contribution < 1.29 is 68.1 Å². The molecule has 4 aromatic carbocycles. The first-order valence-corrected chi connectivity index (χ1v) is 13.0. The fourth-order valence-corrected chi connectivity index (χ4v) is 3.99. The fraction of sp³-hybridized carbons (Fsp3) is 0.100. The van der Waals surface area contributed by atoms with Crippen molar-refractivity contribution in [3.05, 3.63) is 108 Å². The molecule has 9 nitrogen and oxygen atoms in total. The highest BCUT2D eigenvalue weighted by molar-refractivity contribution is 6.21. The lowest BCUT2D eigenvalue weighted by molar-refractivity contribution is -0.275. The molecule has 0 saturated carbocycles. The summed E-state index contributed by atoms with van der Waals surface area (Å²) in [5, 5.41) is 7.06. The number of halogens is 9. The summed E-state index contributed by atoms with van der Waals surface area (Å²) in [6.07, 6.45) is -14.9. The van der Waals surface area contributed by atoms with E-state index in [9.17, 15) is 53.9 Å². The summed E-state index contributed by atoms with van der Waals surface area (Å²) in [4.78, 5) is 40.1. The van der Waals surface area contributed by atoms with Gasteiger partial charge in [0.2, 0.25) is 0 Å². The van der Waals surface area contributed by atoms with Crippen LogP contribution < -0.4 is 30.2 Å². The third-order valence-electron chi connectivity index (χ3n) is 5.82. The number of nitrogens with one attached hydrogen (secondary N) is 3. The van der Waals surface area contributed by atoms with Crippen molar-refractivity contribution in [2.24, 2.45) is 0 Å². The molecule has 4 rings (SSSR count). The highest BCUT2D eigenvalue weighted by Crippen LogP contribution is 2.28. The van der Waals surface area contributed by atoms with E-state index >= 15 is 0 Å². The van der Waals surface area contributed by atoms with Crippen LogP contribution in [0.25, 0.3) is 0 Å². The Morgan fingerprint density at radius 2 is 0.688 bits per heavy atom. The Bertz CT molecular complexity index is 1680. The molecule has 252 valence electrons. The van der Waals surface area contributed by atoms with Crippen LogP contribution in [0.3, 0.4) is 0 Å². The van der Waals surface area contributed by atoms with E-state index in [1.807, 2.05) is 0 Å². The van der Waals surface area contributed by atoms with Gasteiger partial charge >= 0.3 is 19.1 Å². The third-order valence-corrected chi connectivity index (χ3v) is 5.82. The van der Waals surface area contributed by atoms with Crippen molar-refractivity contribution in [1.29, 1.82) is 0 Å². The predicted octanol–water partition coefficient (Wildman–Crippen LogP) is 8.14. The van der Waals surface area contributed by atoms with Gasteiger partial charge in [0.25, 0.3) is 17.7 Å². The molecule has 0 fully saturated rings. The summed E-state index contributed by atoms with van der Waals surface area (Å²) >= 11 is 0. The quantitative estimate of drug-likeness (QED) is 0.153. The Hall–Kier alpha value is -5.94. The maximum Gasteiger partial charge on any atom is 0.573 e. The van der Waals surface area contributed by atoms with Crippen LogP contribution in [0.2, 0.25) is 0 Å². The normalized spacial score (nSPS) is 11.7. The summed E-state index contributed by atoms with van der Waals surface area (Å²) in [5.74, 6) is -4.92. The van der Waals surface area contributed by atoms with Gasteiger partial charge in [-0.05, 0) is 84.9 Å². The Labute approximate surface area is 263 Å². The van der Waals surface area contributed by atoms with Gasteiger partial charge in [0.1, 0.15) is 17.2 Å². The van der Waals surface area contributed by atoms with E-state index < -0.39 is 70.7 Å². The number of hydrogen-bond acceptors (Lipinski definition) is 6. The lowest BCUT2D eigenvalue weighted by Gasteiger charge is -2.16. The van der Waals surface area contributed by atoms with Crippen LogP contribution in [0.1, 0.15) is 31.1 Å². The molecule has 0 aliphatic heterocycles. The zero-order valence-electron chi connectivity index (χ0n) is 23.5. The van der Waals surface area contributed by atoms with Crippen LogP contribution in [-0.2, 0) is 0 Å². The van der Waals surface area contributed by atoms with Crippen molar-refractivity contribution in [1.82, 2.24) is 0 Å². The molecule has 48 heavy (non-hydrogen) atoms. The molecule has 0 aromatic heterocycles. The van der Waals surface area contributed by atoms with Crippen LogP contribution in [-0.4, -0.2) is 36.8 Å². The highest BCUT2D eigenvalue weighted by atomic mass is 19.4. The number of alkyl halides is 9. The number of hydrogen-bond donors (Lipinski definition) is 3. The van der Waals surface area contributed by atoms with Gasteiger partial charge in [-0.2, -0.15) is 0 Å². The van der Waals surface area contributed by atoms with Gasteiger partial charge in [0.05, 0.1) is 16.7 Å². The Morgan fingerprint density at radius 1 is 0.417 bits per heavy atom. The van der Waals surface area contributed by atoms with Crippen LogP contribution >= 0.6 is 0 Å². The maximum atomic E-state index is 13.5. The van der Waals surface area contributed by atoms with E-state index in [2.05, 4.69) is 30.2 Å². The summed E-state index contributed by atoms with van der Waals surface area (Å²) in [5.41, 5.74) is -1.59. The molecule has 0 heterocycles. The van der Waals surface area contributed by atoms with Gasteiger partial charge in [-0.3, -0.25) is 14.4 Å². The summed E-state index contributed by atoms with van der Waals surface area (Å²) in [6.45, 7) is 0.